The zero-order valence-electron chi connectivity index (χ0n) is 56.7. The molecule has 8 heteroatoms. The molecule has 0 atom stereocenters. The lowest BCUT2D eigenvalue weighted by molar-refractivity contribution is 0.469. The Hall–Kier alpha value is -12.0. The van der Waals surface area contributed by atoms with Gasteiger partial charge in [-0.3, -0.25) is 0 Å². The quantitative estimate of drug-likeness (QED) is 0.134. The van der Waals surface area contributed by atoms with E-state index < -0.39 is 10.8 Å². The first kappa shape index (κ1) is 58.2. The van der Waals surface area contributed by atoms with Crippen LogP contribution in [0.3, 0.4) is 0 Å². The largest absolute Gasteiger partial charge is 0.458 e. The van der Waals surface area contributed by atoms with Crippen molar-refractivity contribution in [2.45, 2.75) is 52.4 Å². The van der Waals surface area contributed by atoms with Gasteiger partial charge in [-0.05, 0) is 225 Å². The first-order valence-electron chi connectivity index (χ1n) is 35.2. The van der Waals surface area contributed by atoms with Crippen LogP contribution in [0.5, 0.6) is 11.5 Å². The maximum atomic E-state index is 7.72. The van der Waals surface area contributed by atoms with Gasteiger partial charge in [0.2, 0.25) is 0 Å². The minimum absolute atomic E-state index is 0.178. The lowest BCUT2D eigenvalue weighted by Gasteiger charge is -2.49. The second kappa shape index (κ2) is 21.8. The zero-order valence-corrected chi connectivity index (χ0v) is 56.7. The van der Waals surface area contributed by atoms with Crippen molar-refractivity contribution in [1.29, 1.82) is 0 Å². The van der Waals surface area contributed by atoms with Crippen LogP contribution in [0.4, 0.5) is 85.3 Å². The molecular weight excluding hydrogens is 1210 g/mol. The molecule has 0 N–H and O–H groups in total. The van der Waals surface area contributed by atoms with Crippen LogP contribution >= 0.6 is 0 Å². The van der Waals surface area contributed by atoms with E-state index in [4.69, 9.17) is 4.74 Å². The molecule has 14 aromatic carbocycles. The van der Waals surface area contributed by atoms with E-state index in [0.717, 1.165) is 68.4 Å². The SMILES string of the molecule is Cc1c2c(c(C)c3c1B1c4ccccc4N(c4ccccc4)c4c1c(cc1c4C(C)(C)c4cc(N(c5ccccc5)c5ccccc5)ccc4-1)N3c1ccccc1)N(c1ccccc1)c1cc3c(c4c1B2c1ccccc1O4)C(C)(C)c1cc(N(c2ccccc2)c2ccccc2)ccc1-3. The number of para-hydroxylation sites is 9. The van der Waals surface area contributed by atoms with Gasteiger partial charge in [-0.2, -0.15) is 0 Å². The molecule has 2 aliphatic carbocycles. The van der Waals surface area contributed by atoms with Crippen molar-refractivity contribution in [3.8, 4) is 33.8 Å². The Kier molecular flexibility index (Phi) is 12.7. The minimum Gasteiger partial charge on any atom is -0.458 e. The van der Waals surface area contributed by atoms with E-state index in [0.29, 0.717) is 0 Å². The summed E-state index contributed by atoms with van der Waals surface area (Å²) in [5.74, 6) is 1.86. The highest BCUT2D eigenvalue weighted by Crippen LogP contribution is 2.61. The fourth-order valence-corrected chi connectivity index (χ4v) is 18.6. The van der Waals surface area contributed by atoms with E-state index in [9.17, 15) is 0 Å². The molecule has 0 bridgehead atoms. The lowest BCUT2D eigenvalue weighted by atomic mass is 9.29. The van der Waals surface area contributed by atoms with Gasteiger partial charge in [0.05, 0.1) is 0 Å². The standard InChI is InChI=1S/C92H69B2N5O/c1-58-83-87(59(2)88-84(58)94-76-47-29-31-49-80(76)100-90-82-72(57-79(86(90)94)99(88)66-44-26-13-27-45-66)70-53-51-68(55-74(70)92(82,5)6)96(62-36-18-9-19-37-62)63-38-20-10-21-39-63)98(65-42-24-12-25-43-65)78-56-71-69-52-50-67(95(60-32-14-7-15-33-60)61-34-16-8-17-35-61)54-73(69)91(3,4)81(71)89-85(78)93(83)75-46-28-30-48-77(75)97(89)64-40-22-11-23-41-64/h7-57H,1-6H3. The van der Waals surface area contributed by atoms with Gasteiger partial charge in [-0.1, -0.05) is 209 Å². The summed E-state index contributed by atoms with van der Waals surface area (Å²) in [4.78, 5) is 12.7. The van der Waals surface area contributed by atoms with Crippen molar-refractivity contribution >= 4 is 132 Å². The summed E-state index contributed by atoms with van der Waals surface area (Å²) in [7, 11) is 0. The monoisotopic (exact) mass is 1280 g/mol. The molecule has 14 aromatic rings. The van der Waals surface area contributed by atoms with Crippen LogP contribution in [-0.4, -0.2) is 13.4 Å². The highest BCUT2D eigenvalue weighted by atomic mass is 16.5. The first-order valence-corrected chi connectivity index (χ1v) is 35.2. The predicted octanol–water partition coefficient (Wildman–Crippen LogP) is 20.3. The number of hydrogen-bond acceptors (Lipinski definition) is 6. The van der Waals surface area contributed by atoms with Crippen molar-refractivity contribution in [3.05, 3.63) is 343 Å². The molecule has 20 rings (SSSR count). The van der Waals surface area contributed by atoms with E-state index in [1.807, 2.05) is 0 Å². The van der Waals surface area contributed by atoms with Gasteiger partial charge in [-0.25, -0.2) is 0 Å². The third-order valence-electron chi connectivity index (χ3n) is 22.7. The fourth-order valence-electron chi connectivity index (χ4n) is 18.6. The van der Waals surface area contributed by atoms with E-state index >= 15 is 0 Å². The molecule has 474 valence electrons. The summed E-state index contributed by atoms with van der Waals surface area (Å²) in [6.45, 7) is 14.3. The summed E-state index contributed by atoms with van der Waals surface area (Å²) in [6.07, 6.45) is 0. The molecule has 6 nitrogen and oxygen atoms in total. The van der Waals surface area contributed by atoms with Crippen molar-refractivity contribution in [2.24, 2.45) is 0 Å². The summed E-state index contributed by atoms with van der Waals surface area (Å²) in [6, 6.07) is 115. The van der Waals surface area contributed by atoms with Crippen LogP contribution in [-0.2, 0) is 10.8 Å². The molecular formula is C92H69B2N5O. The summed E-state index contributed by atoms with van der Waals surface area (Å²) < 4.78 is 7.72. The molecule has 0 amide bonds. The molecule has 0 aromatic heterocycles. The molecule has 0 fully saturated rings. The number of nitrogens with zero attached hydrogens (tertiary/aromatic N) is 5. The number of anilines is 15. The average Bonchev–Trinajstić information content (AvgIpc) is 1.14. The highest BCUT2D eigenvalue weighted by molar-refractivity contribution is 7.03. The third-order valence-corrected chi connectivity index (χ3v) is 22.7. The first-order chi connectivity index (χ1) is 49.0. The minimum atomic E-state index is -0.468. The molecule has 0 saturated carbocycles. The lowest BCUT2D eigenvalue weighted by Crippen LogP contribution is -2.66. The second-order valence-corrected chi connectivity index (χ2v) is 28.7. The van der Waals surface area contributed by atoms with Crippen LogP contribution in [0.1, 0.15) is 61.1 Å². The van der Waals surface area contributed by atoms with Crippen LogP contribution < -0.4 is 62.0 Å². The molecule has 0 saturated heterocycles. The Bertz CT molecular complexity index is 5610. The van der Waals surface area contributed by atoms with E-state index in [-0.39, 0.29) is 13.4 Å². The van der Waals surface area contributed by atoms with Gasteiger partial charge in [-0.15, -0.1) is 0 Å². The smallest absolute Gasteiger partial charge is 0.256 e. The van der Waals surface area contributed by atoms with Gasteiger partial charge in [0.15, 0.2) is 0 Å². The summed E-state index contributed by atoms with van der Waals surface area (Å²) in [5, 5.41) is 0. The van der Waals surface area contributed by atoms with Gasteiger partial charge < -0.3 is 29.2 Å². The summed E-state index contributed by atoms with van der Waals surface area (Å²) >= 11 is 0. The highest BCUT2D eigenvalue weighted by Gasteiger charge is 2.54. The van der Waals surface area contributed by atoms with Crippen LogP contribution in [0, 0.1) is 13.8 Å². The van der Waals surface area contributed by atoms with Crippen molar-refractivity contribution in [2.75, 3.05) is 24.5 Å². The molecule has 6 aliphatic rings. The fraction of sp³-hybridized carbons (Fsp3) is 0.0870. The molecule has 4 aliphatic heterocycles. The van der Waals surface area contributed by atoms with Gasteiger partial charge in [0.1, 0.15) is 11.5 Å². The van der Waals surface area contributed by atoms with Gasteiger partial charge in [0.25, 0.3) is 13.4 Å². The van der Waals surface area contributed by atoms with Crippen molar-refractivity contribution in [3.63, 3.8) is 0 Å². The van der Waals surface area contributed by atoms with Crippen molar-refractivity contribution < 1.29 is 4.74 Å². The Morgan fingerprint density at radius 3 is 1.14 bits per heavy atom. The Balaban J connectivity index is 0.869. The van der Waals surface area contributed by atoms with Crippen LogP contribution in [0.15, 0.2) is 309 Å². The second-order valence-electron chi connectivity index (χ2n) is 28.7. The van der Waals surface area contributed by atoms with Gasteiger partial charge >= 0.3 is 0 Å². The molecule has 0 unspecified atom stereocenters. The molecule has 0 radical (unpaired) electrons. The van der Waals surface area contributed by atoms with Crippen molar-refractivity contribution in [1.82, 2.24) is 0 Å². The van der Waals surface area contributed by atoms with Crippen LogP contribution in [0.2, 0.25) is 0 Å². The number of ether oxygens (including phenoxy) is 1. The molecule has 4 heterocycles. The van der Waals surface area contributed by atoms with E-state index in [2.05, 4.69) is 375 Å². The maximum Gasteiger partial charge on any atom is 0.256 e. The average molecular weight is 1280 g/mol. The Morgan fingerprint density at radius 2 is 0.670 bits per heavy atom. The van der Waals surface area contributed by atoms with E-state index in [1.165, 1.54) is 117 Å². The summed E-state index contributed by atoms with van der Waals surface area (Å²) in [5.41, 5.74) is 36.5. The maximum absolute atomic E-state index is 7.72. The van der Waals surface area contributed by atoms with E-state index in [1.54, 1.807) is 0 Å². The Morgan fingerprint density at radius 1 is 0.300 bits per heavy atom. The zero-order chi connectivity index (χ0) is 66.9. The van der Waals surface area contributed by atoms with Gasteiger partial charge in [0, 0.05) is 102 Å². The topological polar surface area (TPSA) is 25.4 Å². The normalized spacial score (nSPS) is 14.4. The number of rotatable bonds is 9. The third kappa shape index (κ3) is 8.16. The number of benzene rings is 14. The molecule has 100 heavy (non-hydrogen) atoms. The predicted molar refractivity (Wildman–Crippen MR) is 420 cm³/mol. The Labute approximate surface area is 586 Å². The van der Waals surface area contributed by atoms with Crippen LogP contribution in [0.25, 0.3) is 22.3 Å². The number of hydrogen-bond donors (Lipinski definition) is 0. The number of fused-ring (bicyclic) bond motifs is 16. The molecule has 0 spiro atoms.